The second kappa shape index (κ2) is 6.45. The molecule has 4 heteroatoms. The van der Waals surface area contributed by atoms with E-state index in [9.17, 15) is 8.78 Å². The van der Waals surface area contributed by atoms with Gasteiger partial charge in [-0.05, 0) is 59.9 Å². The molecule has 0 bridgehead atoms. The molecule has 2 unspecified atom stereocenters. The monoisotopic (exact) mass is 305 g/mol. The first kappa shape index (κ1) is 14.6. The number of benzene rings is 1. The Morgan fingerprint density at radius 2 is 1.88 bits per heavy atom. The molecule has 0 radical (unpaired) electrons. The maximum atomic E-state index is 13.8. The quantitative estimate of drug-likeness (QED) is 0.817. The van der Waals surface area contributed by atoms with Crippen molar-refractivity contribution in [2.75, 3.05) is 13.6 Å². The van der Waals surface area contributed by atoms with Crippen LogP contribution in [-0.2, 0) is 6.42 Å². The van der Waals surface area contributed by atoms with E-state index in [0.717, 1.165) is 6.54 Å². The predicted molar refractivity (Wildman–Crippen MR) is 70.0 cm³/mol. The Morgan fingerprint density at radius 1 is 1.24 bits per heavy atom. The third-order valence-electron chi connectivity index (χ3n) is 3.16. The summed E-state index contributed by atoms with van der Waals surface area (Å²) in [5.74, 6) is -0.346. The number of hydrogen-bond donors (Lipinski definition) is 1. The average Bonchev–Trinajstić information content (AvgIpc) is 2.29. The molecule has 0 saturated heterocycles. The highest BCUT2D eigenvalue weighted by atomic mass is 79.9. The molecule has 17 heavy (non-hydrogen) atoms. The van der Waals surface area contributed by atoms with Gasteiger partial charge in [-0.2, -0.15) is 0 Å². The van der Waals surface area contributed by atoms with Gasteiger partial charge in [-0.3, -0.25) is 0 Å². The van der Waals surface area contributed by atoms with Gasteiger partial charge in [0.05, 0.1) is 4.47 Å². The molecule has 0 aromatic heterocycles. The zero-order valence-corrected chi connectivity index (χ0v) is 11.9. The second-order valence-electron chi connectivity index (χ2n) is 4.54. The Bertz CT molecular complexity index is 382. The van der Waals surface area contributed by atoms with Crippen LogP contribution in [0.2, 0.25) is 0 Å². The summed E-state index contributed by atoms with van der Waals surface area (Å²) in [7, 11) is 1.88. The minimum atomic E-state index is -0.478. The summed E-state index contributed by atoms with van der Waals surface area (Å²) >= 11 is 3.08. The molecule has 1 aromatic rings. The summed E-state index contributed by atoms with van der Waals surface area (Å²) in [5, 5.41) is 3.08. The maximum absolute atomic E-state index is 13.8. The van der Waals surface area contributed by atoms with E-state index in [1.54, 1.807) is 0 Å². The lowest BCUT2D eigenvalue weighted by atomic mass is 9.89. The van der Waals surface area contributed by atoms with Gasteiger partial charge in [0, 0.05) is 5.56 Å². The van der Waals surface area contributed by atoms with Crippen LogP contribution in [0.15, 0.2) is 16.6 Å². The van der Waals surface area contributed by atoms with Gasteiger partial charge in [-0.15, -0.1) is 0 Å². The van der Waals surface area contributed by atoms with Crippen LogP contribution in [-0.4, -0.2) is 13.6 Å². The third kappa shape index (κ3) is 3.75. The summed E-state index contributed by atoms with van der Waals surface area (Å²) in [6.45, 7) is 4.94. The third-order valence-corrected chi connectivity index (χ3v) is 3.77. The SMILES string of the molecule is CNCC(C)C(C)Cc1c(F)ccc(Br)c1F. The van der Waals surface area contributed by atoms with E-state index in [1.807, 2.05) is 14.0 Å². The number of hydrogen-bond acceptors (Lipinski definition) is 1. The highest BCUT2D eigenvalue weighted by Crippen LogP contribution is 2.25. The molecule has 0 spiro atoms. The zero-order chi connectivity index (χ0) is 13.0. The molecule has 0 heterocycles. The predicted octanol–water partition coefficient (Wildman–Crippen LogP) is 3.76. The van der Waals surface area contributed by atoms with Gasteiger partial charge in [0.15, 0.2) is 0 Å². The Kier molecular flexibility index (Phi) is 5.53. The molecular formula is C13H18BrF2N. The van der Waals surface area contributed by atoms with Crippen molar-refractivity contribution in [3.8, 4) is 0 Å². The van der Waals surface area contributed by atoms with E-state index in [-0.39, 0.29) is 11.5 Å². The van der Waals surface area contributed by atoms with Crippen LogP contribution >= 0.6 is 15.9 Å². The first-order valence-corrected chi connectivity index (χ1v) is 6.53. The average molecular weight is 306 g/mol. The van der Waals surface area contributed by atoms with Crippen molar-refractivity contribution < 1.29 is 8.78 Å². The van der Waals surface area contributed by atoms with Crippen molar-refractivity contribution in [2.24, 2.45) is 11.8 Å². The molecule has 96 valence electrons. The molecule has 0 amide bonds. The first-order valence-electron chi connectivity index (χ1n) is 5.74. The first-order chi connectivity index (χ1) is 7.97. The molecule has 1 nitrogen and oxygen atoms in total. The Labute approximate surface area is 110 Å². The van der Waals surface area contributed by atoms with Gasteiger partial charge in [0.25, 0.3) is 0 Å². The van der Waals surface area contributed by atoms with Crippen LogP contribution in [0.3, 0.4) is 0 Å². The summed E-state index contributed by atoms with van der Waals surface area (Å²) in [5.41, 5.74) is 0.176. The molecule has 1 rings (SSSR count). The lowest BCUT2D eigenvalue weighted by Gasteiger charge is -2.20. The molecule has 0 saturated carbocycles. The fraction of sp³-hybridized carbons (Fsp3) is 0.538. The largest absolute Gasteiger partial charge is 0.319 e. The minimum absolute atomic E-state index is 0.176. The molecular weight excluding hydrogens is 288 g/mol. The molecule has 0 aliphatic rings. The van der Waals surface area contributed by atoms with Gasteiger partial charge in [-0.25, -0.2) is 8.78 Å². The number of nitrogens with one attached hydrogen (secondary N) is 1. The molecule has 0 aliphatic heterocycles. The van der Waals surface area contributed by atoms with E-state index in [1.165, 1.54) is 12.1 Å². The smallest absolute Gasteiger partial charge is 0.143 e. The van der Waals surface area contributed by atoms with Gasteiger partial charge in [-0.1, -0.05) is 13.8 Å². The van der Waals surface area contributed by atoms with E-state index >= 15 is 0 Å². The van der Waals surface area contributed by atoms with Gasteiger partial charge in [0.1, 0.15) is 11.6 Å². The van der Waals surface area contributed by atoms with Crippen molar-refractivity contribution in [1.29, 1.82) is 0 Å². The van der Waals surface area contributed by atoms with Crippen LogP contribution < -0.4 is 5.32 Å². The van der Waals surface area contributed by atoms with E-state index in [0.29, 0.717) is 16.8 Å². The summed E-state index contributed by atoms with van der Waals surface area (Å²) in [4.78, 5) is 0. The van der Waals surface area contributed by atoms with Gasteiger partial charge in [0.2, 0.25) is 0 Å². The van der Waals surface area contributed by atoms with Crippen LogP contribution in [0.1, 0.15) is 19.4 Å². The Balaban J connectivity index is 2.84. The fourth-order valence-corrected chi connectivity index (χ4v) is 2.17. The number of halogens is 3. The summed E-state index contributed by atoms with van der Waals surface area (Å²) in [6.07, 6.45) is 0.417. The fourth-order valence-electron chi connectivity index (χ4n) is 1.80. The summed E-state index contributed by atoms with van der Waals surface area (Å²) < 4.78 is 27.7. The molecule has 1 aromatic carbocycles. The van der Waals surface area contributed by atoms with Crippen LogP contribution in [0, 0.1) is 23.5 Å². The van der Waals surface area contributed by atoms with Crippen molar-refractivity contribution in [3.63, 3.8) is 0 Å². The maximum Gasteiger partial charge on any atom is 0.143 e. The van der Waals surface area contributed by atoms with E-state index in [4.69, 9.17) is 0 Å². The highest BCUT2D eigenvalue weighted by Gasteiger charge is 2.18. The number of rotatable bonds is 5. The van der Waals surface area contributed by atoms with Crippen molar-refractivity contribution in [2.45, 2.75) is 20.3 Å². The van der Waals surface area contributed by atoms with E-state index in [2.05, 4.69) is 28.2 Å². The lowest BCUT2D eigenvalue weighted by Crippen LogP contribution is -2.23. The highest BCUT2D eigenvalue weighted by molar-refractivity contribution is 9.10. The molecule has 1 N–H and O–H groups in total. The summed E-state index contributed by atoms with van der Waals surface area (Å²) in [6, 6.07) is 2.70. The van der Waals surface area contributed by atoms with Gasteiger partial charge >= 0.3 is 0 Å². The standard InChI is InChI=1S/C13H18BrF2N/c1-8(9(2)7-17-3)6-10-12(15)5-4-11(14)13(10)16/h4-5,8-9,17H,6-7H2,1-3H3. The Hall–Kier alpha value is -0.480. The van der Waals surface area contributed by atoms with E-state index < -0.39 is 11.6 Å². The van der Waals surface area contributed by atoms with Crippen LogP contribution in [0.4, 0.5) is 8.78 Å². The van der Waals surface area contributed by atoms with Crippen LogP contribution in [0.5, 0.6) is 0 Å². The van der Waals surface area contributed by atoms with Gasteiger partial charge < -0.3 is 5.32 Å². The van der Waals surface area contributed by atoms with Crippen LogP contribution in [0.25, 0.3) is 0 Å². The minimum Gasteiger partial charge on any atom is -0.319 e. The molecule has 2 atom stereocenters. The lowest BCUT2D eigenvalue weighted by molar-refractivity contribution is 0.364. The normalized spacial score (nSPS) is 14.7. The van der Waals surface area contributed by atoms with Crippen molar-refractivity contribution in [3.05, 3.63) is 33.8 Å². The topological polar surface area (TPSA) is 12.0 Å². The second-order valence-corrected chi connectivity index (χ2v) is 5.39. The van der Waals surface area contributed by atoms with Crippen molar-refractivity contribution in [1.82, 2.24) is 5.32 Å². The Morgan fingerprint density at radius 3 is 2.47 bits per heavy atom. The molecule has 0 aliphatic carbocycles. The zero-order valence-electron chi connectivity index (χ0n) is 10.4. The molecule has 0 fully saturated rings. The van der Waals surface area contributed by atoms with Crippen molar-refractivity contribution >= 4 is 15.9 Å².